The lowest BCUT2D eigenvalue weighted by Gasteiger charge is -2.30. The van der Waals surface area contributed by atoms with Crippen molar-refractivity contribution in [3.8, 4) is 11.1 Å². The standard InChI is InChI=1S/C58H46BNS/c1-35-31-37(3)56(38(4)32-35)59(57-39(5)33-36(2)34-40(57)6)49-29-25-42-24-28-48-51(30-26-43-23-27-47(49)54(42)55(43)48)60(50-20-12-10-17-44(50)41-15-8-7-9-16-41)52-21-14-19-46-45-18-11-13-22-53(45)61-58(46)52/h7-34H,1-6H3. The highest BCUT2D eigenvalue weighted by Crippen LogP contribution is 2.50. The van der Waals surface area contributed by atoms with E-state index in [1.165, 1.54) is 125 Å². The van der Waals surface area contributed by atoms with Crippen molar-refractivity contribution in [3.05, 3.63) is 203 Å². The van der Waals surface area contributed by atoms with E-state index in [2.05, 4.69) is 216 Å². The van der Waals surface area contributed by atoms with Gasteiger partial charge in [-0.1, -0.05) is 195 Å². The van der Waals surface area contributed by atoms with Crippen molar-refractivity contribution in [2.75, 3.05) is 4.90 Å². The second kappa shape index (κ2) is 14.5. The van der Waals surface area contributed by atoms with Crippen LogP contribution < -0.4 is 21.3 Å². The molecule has 0 radical (unpaired) electrons. The van der Waals surface area contributed by atoms with E-state index in [1.54, 1.807) is 0 Å². The minimum Gasteiger partial charge on any atom is -0.308 e. The van der Waals surface area contributed by atoms with Gasteiger partial charge in [0.05, 0.1) is 21.8 Å². The van der Waals surface area contributed by atoms with Gasteiger partial charge in [-0.3, -0.25) is 0 Å². The predicted molar refractivity (Wildman–Crippen MR) is 269 cm³/mol. The highest BCUT2D eigenvalue weighted by Gasteiger charge is 2.31. The summed E-state index contributed by atoms with van der Waals surface area (Å²) in [5.74, 6) is 0. The molecular weight excluding hydrogens is 754 g/mol. The Balaban J connectivity index is 1.23. The highest BCUT2D eigenvalue weighted by molar-refractivity contribution is 7.26. The quantitative estimate of drug-likeness (QED) is 0.115. The van der Waals surface area contributed by atoms with Crippen LogP contribution in [0.15, 0.2) is 170 Å². The molecular formula is C58H46BNS. The molecule has 1 nitrogen and oxygen atoms in total. The number of nitrogens with zero attached hydrogens (tertiary/aromatic N) is 1. The maximum atomic E-state index is 2.55. The van der Waals surface area contributed by atoms with Gasteiger partial charge in [-0.15, -0.1) is 11.3 Å². The molecule has 3 heteroatoms. The zero-order valence-electron chi connectivity index (χ0n) is 35.6. The van der Waals surface area contributed by atoms with Gasteiger partial charge < -0.3 is 4.90 Å². The van der Waals surface area contributed by atoms with Crippen LogP contribution in [0.5, 0.6) is 0 Å². The van der Waals surface area contributed by atoms with Crippen LogP contribution in [0.1, 0.15) is 33.4 Å². The summed E-state index contributed by atoms with van der Waals surface area (Å²) in [6.07, 6.45) is 0. The summed E-state index contributed by atoms with van der Waals surface area (Å²) in [7, 11) is 0. The zero-order valence-corrected chi connectivity index (χ0v) is 36.4. The summed E-state index contributed by atoms with van der Waals surface area (Å²) >= 11 is 1.89. The van der Waals surface area contributed by atoms with E-state index < -0.39 is 0 Å². The topological polar surface area (TPSA) is 3.24 Å². The van der Waals surface area contributed by atoms with Crippen molar-refractivity contribution in [1.29, 1.82) is 0 Å². The normalized spacial score (nSPS) is 11.8. The molecule has 0 spiro atoms. The summed E-state index contributed by atoms with van der Waals surface area (Å²) < 4.78 is 2.59. The molecule has 0 unspecified atom stereocenters. The molecule has 0 saturated carbocycles. The Morgan fingerprint density at radius 1 is 0.410 bits per heavy atom. The largest absolute Gasteiger partial charge is 0.308 e. The van der Waals surface area contributed by atoms with E-state index in [4.69, 9.17) is 0 Å². The Labute approximate surface area is 363 Å². The molecule has 61 heavy (non-hydrogen) atoms. The fourth-order valence-corrected chi connectivity index (χ4v) is 12.0. The van der Waals surface area contributed by atoms with Gasteiger partial charge in [0.25, 0.3) is 0 Å². The Morgan fingerprint density at radius 3 is 1.66 bits per heavy atom. The molecule has 1 heterocycles. The van der Waals surface area contributed by atoms with Crippen LogP contribution >= 0.6 is 11.3 Å². The number of benzene rings is 10. The van der Waals surface area contributed by atoms with Crippen molar-refractivity contribution >= 4 is 104 Å². The van der Waals surface area contributed by atoms with Crippen molar-refractivity contribution in [2.45, 2.75) is 41.5 Å². The van der Waals surface area contributed by atoms with Gasteiger partial charge in [0.1, 0.15) is 0 Å². The molecule has 0 N–H and O–H groups in total. The summed E-state index contributed by atoms with van der Waals surface area (Å²) in [6.45, 7) is 13.7. The lowest BCUT2D eigenvalue weighted by atomic mass is 9.33. The molecule has 0 aliphatic rings. The van der Waals surface area contributed by atoms with Crippen LogP contribution in [0.25, 0.3) is 63.6 Å². The van der Waals surface area contributed by atoms with Crippen LogP contribution in [-0.4, -0.2) is 6.71 Å². The van der Waals surface area contributed by atoms with Gasteiger partial charge in [-0.2, -0.15) is 0 Å². The number of hydrogen-bond donors (Lipinski definition) is 0. The third-order valence-corrected chi connectivity index (χ3v) is 14.3. The highest BCUT2D eigenvalue weighted by atomic mass is 32.1. The van der Waals surface area contributed by atoms with Crippen LogP contribution in [0, 0.1) is 41.5 Å². The number of anilines is 3. The first-order valence-corrected chi connectivity index (χ1v) is 22.3. The van der Waals surface area contributed by atoms with Crippen LogP contribution in [0.2, 0.25) is 0 Å². The fraction of sp³-hybridized carbons (Fsp3) is 0.103. The Bertz CT molecular complexity index is 3400. The third kappa shape index (κ3) is 5.98. The molecule has 11 rings (SSSR count). The van der Waals surface area contributed by atoms with Crippen molar-refractivity contribution in [1.82, 2.24) is 0 Å². The van der Waals surface area contributed by atoms with E-state index in [-0.39, 0.29) is 6.71 Å². The number of thiophene rings is 1. The number of hydrogen-bond acceptors (Lipinski definition) is 2. The Hall–Kier alpha value is -6.68. The lowest BCUT2D eigenvalue weighted by Crippen LogP contribution is -2.56. The molecule has 0 aliphatic heterocycles. The average molecular weight is 800 g/mol. The smallest absolute Gasteiger partial charge is 0.243 e. The molecule has 10 aromatic carbocycles. The first kappa shape index (κ1) is 37.3. The van der Waals surface area contributed by atoms with Gasteiger partial charge >= 0.3 is 0 Å². The van der Waals surface area contributed by atoms with E-state index in [1.807, 2.05) is 11.3 Å². The number of aryl methyl sites for hydroxylation is 6. The third-order valence-electron chi connectivity index (χ3n) is 13.1. The van der Waals surface area contributed by atoms with Crippen molar-refractivity contribution < 1.29 is 0 Å². The van der Waals surface area contributed by atoms with Crippen LogP contribution in [-0.2, 0) is 0 Å². The monoisotopic (exact) mass is 799 g/mol. The fourth-order valence-electron chi connectivity index (χ4n) is 10.8. The van der Waals surface area contributed by atoms with E-state index in [0.29, 0.717) is 0 Å². The lowest BCUT2D eigenvalue weighted by molar-refractivity contribution is 1.32. The van der Waals surface area contributed by atoms with Gasteiger partial charge in [0.15, 0.2) is 0 Å². The second-order valence-corrected chi connectivity index (χ2v) is 18.2. The van der Waals surface area contributed by atoms with E-state index in [0.717, 1.165) is 5.69 Å². The summed E-state index contributed by atoms with van der Waals surface area (Å²) in [5.41, 5.74) is 18.1. The number of para-hydroxylation sites is 1. The van der Waals surface area contributed by atoms with Crippen molar-refractivity contribution in [2.24, 2.45) is 0 Å². The molecule has 0 amide bonds. The van der Waals surface area contributed by atoms with E-state index in [9.17, 15) is 0 Å². The minimum absolute atomic E-state index is 0.0741. The summed E-state index contributed by atoms with van der Waals surface area (Å²) in [4.78, 5) is 2.55. The zero-order chi connectivity index (χ0) is 41.5. The first-order valence-electron chi connectivity index (χ1n) is 21.5. The molecule has 0 bridgehead atoms. The molecule has 0 atom stereocenters. The van der Waals surface area contributed by atoms with E-state index >= 15 is 0 Å². The molecule has 11 aromatic rings. The second-order valence-electron chi connectivity index (χ2n) is 17.2. The first-order chi connectivity index (χ1) is 29.7. The molecule has 1 aromatic heterocycles. The summed E-state index contributed by atoms with van der Waals surface area (Å²) in [6, 6.07) is 64.0. The average Bonchev–Trinajstić information content (AvgIpc) is 3.65. The van der Waals surface area contributed by atoms with Gasteiger partial charge in [0.2, 0.25) is 6.71 Å². The summed E-state index contributed by atoms with van der Waals surface area (Å²) in [5, 5.41) is 10.3. The number of fused-ring (bicyclic) bond motifs is 3. The number of rotatable bonds is 7. The molecule has 0 saturated heterocycles. The van der Waals surface area contributed by atoms with Gasteiger partial charge in [-0.05, 0) is 98.3 Å². The maximum Gasteiger partial charge on any atom is 0.243 e. The minimum atomic E-state index is 0.0741. The van der Waals surface area contributed by atoms with Crippen LogP contribution in [0.4, 0.5) is 17.1 Å². The molecule has 292 valence electrons. The van der Waals surface area contributed by atoms with Gasteiger partial charge in [0, 0.05) is 26.4 Å². The molecule has 0 fully saturated rings. The Kier molecular flexibility index (Phi) is 8.88. The maximum absolute atomic E-state index is 2.55. The Morgan fingerprint density at radius 2 is 0.951 bits per heavy atom. The van der Waals surface area contributed by atoms with Gasteiger partial charge in [-0.25, -0.2) is 0 Å². The van der Waals surface area contributed by atoms with Crippen molar-refractivity contribution in [3.63, 3.8) is 0 Å². The molecule has 0 aliphatic carbocycles. The predicted octanol–water partition coefficient (Wildman–Crippen LogP) is 14.5. The SMILES string of the molecule is Cc1cc(C)c(B(c2c(C)cc(C)cc2C)c2ccc3ccc4c(N(c5ccccc5-c5ccccc5)c5cccc6c5sc5ccccc56)ccc5ccc2c3c54)c(C)c1. The van der Waals surface area contributed by atoms with Crippen LogP contribution in [0.3, 0.4) is 0 Å².